The van der Waals surface area contributed by atoms with E-state index in [1.807, 2.05) is 46.1 Å². The fourth-order valence-electron chi connectivity index (χ4n) is 2.09. The molecule has 1 aromatic heterocycles. The zero-order chi connectivity index (χ0) is 17.0. The molecular formula is C17H20N4O2. The van der Waals surface area contributed by atoms with Crippen LogP contribution < -0.4 is 5.32 Å². The number of carbonyl (C=O) groups is 1. The van der Waals surface area contributed by atoms with Crippen LogP contribution in [0.2, 0.25) is 0 Å². The van der Waals surface area contributed by atoms with Crippen LogP contribution in [0.15, 0.2) is 30.5 Å². The molecule has 0 fully saturated rings. The second-order valence-electron chi connectivity index (χ2n) is 6.22. The number of hydrogen-bond donors (Lipinski definition) is 1. The first-order valence-corrected chi connectivity index (χ1v) is 7.28. The molecule has 23 heavy (non-hydrogen) atoms. The molecule has 0 atom stereocenters. The van der Waals surface area contributed by atoms with Crippen LogP contribution in [0.3, 0.4) is 0 Å². The molecular weight excluding hydrogens is 292 g/mol. The van der Waals surface area contributed by atoms with E-state index in [0.29, 0.717) is 12.1 Å². The average molecular weight is 312 g/mol. The van der Waals surface area contributed by atoms with Gasteiger partial charge in [-0.05, 0) is 32.9 Å². The molecule has 0 saturated carbocycles. The Kier molecular flexibility index (Phi) is 4.70. The van der Waals surface area contributed by atoms with Crippen molar-refractivity contribution < 1.29 is 9.53 Å². The normalized spacial score (nSPS) is 10.9. The summed E-state index contributed by atoms with van der Waals surface area (Å²) in [7, 11) is 1.82. The van der Waals surface area contributed by atoms with Gasteiger partial charge in [0.25, 0.3) is 0 Å². The van der Waals surface area contributed by atoms with Crippen molar-refractivity contribution >= 4 is 6.09 Å². The van der Waals surface area contributed by atoms with Crippen molar-refractivity contribution in [3.05, 3.63) is 41.6 Å². The number of ether oxygens (including phenoxy) is 1. The minimum atomic E-state index is -0.533. The summed E-state index contributed by atoms with van der Waals surface area (Å²) in [5.41, 5.74) is 2.61. The van der Waals surface area contributed by atoms with Crippen LogP contribution >= 0.6 is 0 Å². The molecule has 0 aliphatic carbocycles. The maximum atomic E-state index is 11.8. The summed E-state index contributed by atoms with van der Waals surface area (Å²) in [4.78, 5) is 11.8. The van der Waals surface area contributed by atoms with Crippen molar-refractivity contribution in [1.82, 2.24) is 15.1 Å². The summed E-state index contributed by atoms with van der Waals surface area (Å²) in [6, 6.07) is 9.27. The number of benzene rings is 1. The number of amides is 1. The smallest absolute Gasteiger partial charge is 0.407 e. The van der Waals surface area contributed by atoms with Gasteiger partial charge < -0.3 is 10.1 Å². The molecule has 2 aromatic rings. The van der Waals surface area contributed by atoms with Gasteiger partial charge in [-0.25, -0.2) is 4.79 Å². The first-order chi connectivity index (χ1) is 10.8. The second-order valence-corrected chi connectivity index (χ2v) is 6.22. The van der Waals surface area contributed by atoms with Gasteiger partial charge in [0.15, 0.2) is 0 Å². The molecule has 1 heterocycles. The lowest BCUT2D eigenvalue weighted by Crippen LogP contribution is -2.32. The standard InChI is InChI=1S/C17H20N4O2/c1-17(2,3)23-16(22)19-10-14-11-21(4)20-15(14)13-7-5-12(9-18)6-8-13/h5-8,11H,10H2,1-4H3,(H,19,22). The molecule has 0 unspecified atom stereocenters. The minimum absolute atomic E-state index is 0.318. The van der Waals surface area contributed by atoms with Crippen molar-refractivity contribution in [2.45, 2.75) is 32.9 Å². The van der Waals surface area contributed by atoms with Crippen molar-refractivity contribution in [3.8, 4) is 17.3 Å². The van der Waals surface area contributed by atoms with Crippen molar-refractivity contribution in [2.24, 2.45) is 7.05 Å². The van der Waals surface area contributed by atoms with Crippen LogP contribution in [0, 0.1) is 11.3 Å². The first kappa shape index (κ1) is 16.6. The number of aromatic nitrogens is 2. The van der Waals surface area contributed by atoms with Gasteiger partial charge in [-0.3, -0.25) is 4.68 Å². The van der Waals surface area contributed by atoms with Crippen LogP contribution in [0.4, 0.5) is 4.79 Å². The summed E-state index contributed by atoms with van der Waals surface area (Å²) >= 11 is 0. The topological polar surface area (TPSA) is 79.9 Å². The third kappa shape index (κ3) is 4.58. The third-order valence-corrected chi connectivity index (χ3v) is 3.01. The van der Waals surface area contributed by atoms with Crippen molar-refractivity contribution in [2.75, 3.05) is 0 Å². The molecule has 0 bridgehead atoms. The molecule has 1 amide bonds. The SMILES string of the molecule is Cn1cc(CNC(=O)OC(C)(C)C)c(-c2ccc(C#N)cc2)n1. The van der Waals surface area contributed by atoms with E-state index >= 15 is 0 Å². The number of rotatable bonds is 3. The quantitative estimate of drug-likeness (QED) is 0.945. The number of nitriles is 1. The Morgan fingerprint density at radius 3 is 2.57 bits per heavy atom. The predicted molar refractivity (Wildman–Crippen MR) is 86.4 cm³/mol. The number of nitrogens with one attached hydrogen (secondary N) is 1. The van der Waals surface area contributed by atoms with Gasteiger partial charge >= 0.3 is 6.09 Å². The summed E-state index contributed by atoms with van der Waals surface area (Å²) in [5.74, 6) is 0. The predicted octanol–water partition coefficient (Wildman–Crippen LogP) is 2.98. The van der Waals surface area contributed by atoms with Crippen LogP contribution in [-0.4, -0.2) is 21.5 Å². The van der Waals surface area contributed by atoms with Crippen molar-refractivity contribution in [1.29, 1.82) is 5.26 Å². The van der Waals surface area contributed by atoms with Crippen LogP contribution in [0.5, 0.6) is 0 Å². The maximum Gasteiger partial charge on any atom is 0.407 e. The largest absolute Gasteiger partial charge is 0.444 e. The highest BCUT2D eigenvalue weighted by molar-refractivity contribution is 5.69. The summed E-state index contributed by atoms with van der Waals surface area (Å²) in [5, 5.41) is 16.0. The molecule has 6 heteroatoms. The molecule has 0 saturated heterocycles. The average Bonchev–Trinajstić information content (AvgIpc) is 2.84. The van der Waals surface area contributed by atoms with Gasteiger partial charge in [-0.2, -0.15) is 10.4 Å². The van der Waals surface area contributed by atoms with Crippen LogP contribution in [-0.2, 0) is 18.3 Å². The summed E-state index contributed by atoms with van der Waals surface area (Å²) in [6.45, 7) is 5.77. The molecule has 2 rings (SSSR count). The van der Waals surface area contributed by atoms with Gasteiger partial charge in [-0.15, -0.1) is 0 Å². The van der Waals surface area contributed by atoms with E-state index in [0.717, 1.165) is 16.8 Å². The highest BCUT2D eigenvalue weighted by Gasteiger charge is 2.17. The monoisotopic (exact) mass is 312 g/mol. The highest BCUT2D eigenvalue weighted by atomic mass is 16.6. The molecule has 0 radical (unpaired) electrons. The van der Waals surface area contributed by atoms with Gasteiger partial charge in [0.2, 0.25) is 0 Å². The number of carbonyl (C=O) groups excluding carboxylic acids is 1. The Bertz CT molecular complexity index is 733. The Morgan fingerprint density at radius 1 is 1.35 bits per heavy atom. The number of alkyl carbamates (subject to hydrolysis) is 1. The highest BCUT2D eigenvalue weighted by Crippen LogP contribution is 2.22. The van der Waals surface area contributed by atoms with Gasteiger partial charge in [-0.1, -0.05) is 12.1 Å². The lowest BCUT2D eigenvalue weighted by atomic mass is 10.1. The summed E-state index contributed by atoms with van der Waals surface area (Å²) < 4.78 is 6.92. The van der Waals surface area contributed by atoms with E-state index in [9.17, 15) is 4.79 Å². The van der Waals surface area contributed by atoms with Gasteiger partial charge in [0.1, 0.15) is 5.60 Å². The Morgan fingerprint density at radius 2 is 2.00 bits per heavy atom. The lowest BCUT2D eigenvalue weighted by Gasteiger charge is -2.19. The molecule has 1 N–H and O–H groups in total. The van der Waals surface area contributed by atoms with E-state index in [2.05, 4.69) is 16.5 Å². The van der Waals surface area contributed by atoms with E-state index < -0.39 is 11.7 Å². The summed E-state index contributed by atoms with van der Waals surface area (Å²) in [6.07, 6.45) is 1.39. The zero-order valence-electron chi connectivity index (χ0n) is 13.8. The molecule has 120 valence electrons. The number of nitrogens with zero attached hydrogens (tertiary/aromatic N) is 3. The van der Waals surface area contributed by atoms with E-state index in [-0.39, 0.29) is 0 Å². The Labute approximate surface area is 135 Å². The zero-order valence-corrected chi connectivity index (χ0v) is 13.8. The molecule has 0 spiro atoms. The van der Waals surface area contributed by atoms with Gasteiger partial charge in [0, 0.05) is 30.9 Å². The van der Waals surface area contributed by atoms with Crippen LogP contribution in [0.25, 0.3) is 11.3 Å². The lowest BCUT2D eigenvalue weighted by molar-refractivity contribution is 0.0523. The molecule has 6 nitrogen and oxygen atoms in total. The fourth-order valence-corrected chi connectivity index (χ4v) is 2.09. The van der Waals surface area contributed by atoms with E-state index in [1.165, 1.54) is 0 Å². The minimum Gasteiger partial charge on any atom is -0.444 e. The molecule has 0 aliphatic heterocycles. The number of aryl methyl sites for hydroxylation is 1. The van der Waals surface area contributed by atoms with Crippen LogP contribution in [0.1, 0.15) is 31.9 Å². The third-order valence-electron chi connectivity index (χ3n) is 3.01. The van der Waals surface area contributed by atoms with E-state index in [4.69, 9.17) is 10.00 Å². The van der Waals surface area contributed by atoms with Gasteiger partial charge in [0.05, 0.1) is 17.3 Å². The number of hydrogen-bond acceptors (Lipinski definition) is 4. The van der Waals surface area contributed by atoms with E-state index in [1.54, 1.807) is 16.8 Å². The molecule has 0 aliphatic rings. The Hall–Kier alpha value is -2.81. The Balaban J connectivity index is 2.14. The maximum absolute atomic E-state index is 11.8. The fraction of sp³-hybridized carbons (Fsp3) is 0.353. The molecule has 1 aromatic carbocycles. The first-order valence-electron chi connectivity index (χ1n) is 7.28. The second kappa shape index (κ2) is 6.53. The van der Waals surface area contributed by atoms with Crippen molar-refractivity contribution in [3.63, 3.8) is 0 Å².